The van der Waals surface area contributed by atoms with Gasteiger partial charge in [0.1, 0.15) is 17.9 Å². The molecule has 0 radical (unpaired) electrons. The van der Waals surface area contributed by atoms with E-state index in [9.17, 15) is 4.79 Å². The second-order valence-corrected chi connectivity index (χ2v) is 5.77. The Morgan fingerprint density at radius 3 is 2.68 bits per heavy atom. The van der Waals surface area contributed by atoms with Crippen molar-refractivity contribution in [2.45, 2.75) is 13.5 Å². The van der Waals surface area contributed by atoms with Crippen LogP contribution >= 0.6 is 0 Å². The van der Waals surface area contributed by atoms with Crippen LogP contribution in [-0.2, 0) is 6.54 Å². The highest BCUT2D eigenvalue weighted by atomic mass is 16.5. The number of nitrogens with one attached hydrogen (secondary N) is 2. The molecule has 2 amide bonds. The van der Waals surface area contributed by atoms with Crippen LogP contribution in [0.3, 0.4) is 0 Å². The average molecular weight is 335 g/mol. The topological polar surface area (TPSA) is 63.2 Å². The van der Waals surface area contributed by atoms with Crippen LogP contribution in [0.25, 0.3) is 10.9 Å². The number of pyridine rings is 1. The second-order valence-electron chi connectivity index (χ2n) is 5.77. The number of carbonyl (C=O) groups excluding carboxylic acids is 1. The van der Waals surface area contributed by atoms with Crippen molar-refractivity contribution in [2.75, 3.05) is 13.2 Å². The van der Waals surface area contributed by atoms with E-state index < -0.39 is 0 Å². The molecule has 5 nitrogen and oxygen atoms in total. The first-order valence-corrected chi connectivity index (χ1v) is 8.26. The lowest BCUT2D eigenvalue weighted by Gasteiger charge is -2.10. The molecule has 0 bridgehead atoms. The van der Waals surface area contributed by atoms with Gasteiger partial charge in [-0.15, -0.1) is 0 Å². The quantitative estimate of drug-likeness (QED) is 0.679. The number of rotatable bonds is 6. The molecule has 1 aromatic heterocycles. The summed E-state index contributed by atoms with van der Waals surface area (Å²) in [5.41, 5.74) is 3.10. The minimum absolute atomic E-state index is 0.208. The predicted octanol–water partition coefficient (Wildman–Crippen LogP) is 3.42. The number of aryl methyl sites for hydroxylation is 1. The van der Waals surface area contributed by atoms with Gasteiger partial charge in [-0.25, -0.2) is 4.79 Å². The van der Waals surface area contributed by atoms with Crippen LogP contribution in [0.2, 0.25) is 0 Å². The van der Waals surface area contributed by atoms with Crippen molar-refractivity contribution in [1.29, 1.82) is 0 Å². The van der Waals surface area contributed by atoms with Crippen LogP contribution < -0.4 is 15.4 Å². The zero-order valence-corrected chi connectivity index (χ0v) is 14.2. The monoisotopic (exact) mass is 335 g/mol. The van der Waals surface area contributed by atoms with Gasteiger partial charge in [-0.05, 0) is 24.6 Å². The summed E-state index contributed by atoms with van der Waals surface area (Å²) < 4.78 is 5.74. The lowest BCUT2D eigenvalue weighted by Crippen LogP contribution is -2.37. The molecule has 0 aliphatic rings. The minimum Gasteiger partial charge on any atom is -0.489 e. The second kappa shape index (κ2) is 8.15. The van der Waals surface area contributed by atoms with Crippen molar-refractivity contribution >= 4 is 16.9 Å². The standard InChI is InChI=1S/C20H21N3O2/c1-15-7-9-16(10-8-15)14-23-20(24)22-12-13-25-18-6-2-4-17-5-3-11-21-19(17)18/h2-11H,12-14H2,1H3,(H2,22,23,24). The number of para-hydroxylation sites is 1. The Kier molecular flexibility index (Phi) is 5.46. The van der Waals surface area contributed by atoms with E-state index >= 15 is 0 Å². The summed E-state index contributed by atoms with van der Waals surface area (Å²) in [6, 6.07) is 17.6. The van der Waals surface area contributed by atoms with E-state index in [0.29, 0.717) is 19.7 Å². The molecular weight excluding hydrogens is 314 g/mol. The first-order chi connectivity index (χ1) is 12.2. The van der Waals surface area contributed by atoms with Gasteiger partial charge >= 0.3 is 6.03 Å². The number of nitrogens with zero attached hydrogens (tertiary/aromatic N) is 1. The molecule has 128 valence electrons. The molecule has 2 aromatic carbocycles. The van der Waals surface area contributed by atoms with Crippen molar-refractivity contribution in [2.24, 2.45) is 0 Å². The number of aromatic nitrogens is 1. The lowest BCUT2D eigenvalue weighted by molar-refractivity contribution is 0.236. The van der Waals surface area contributed by atoms with Crippen molar-refractivity contribution in [3.63, 3.8) is 0 Å². The summed E-state index contributed by atoms with van der Waals surface area (Å²) >= 11 is 0. The molecule has 0 aliphatic heterocycles. The Bertz CT molecular complexity index is 842. The maximum Gasteiger partial charge on any atom is 0.315 e. The molecule has 0 atom stereocenters. The maximum absolute atomic E-state index is 11.8. The molecule has 0 saturated carbocycles. The molecule has 0 saturated heterocycles. The number of urea groups is 1. The van der Waals surface area contributed by atoms with Gasteiger partial charge in [0.2, 0.25) is 0 Å². The van der Waals surface area contributed by atoms with E-state index in [4.69, 9.17) is 4.74 Å². The number of amides is 2. The van der Waals surface area contributed by atoms with E-state index in [1.807, 2.05) is 61.5 Å². The molecular formula is C20H21N3O2. The van der Waals surface area contributed by atoms with E-state index in [2.05, 4.69) is 15.6 Å². The highest BCUT2D eigenvalue weighted by Crippen LogP contribution is 2.22. The summed E-state index contributed by atoms with van der Waals surface area (Å²) in [5, 5.41) is 6.65. The van der Waals surface area contributed by atoms with E-state index in [-0.39, 0.29) is 6.03 Å². The Balaban J connectivity index is 1.42. The molecule has 3 rings (SSSR count). The Hall–Kier alpha value is -3.08. The van der Waals surface area contributed by atoms with Crippen molar-refractivity contribution in [3.8, 4) is 5.75 Å². The number of carbonyl (C=O) groups is 1. The predicted molar refractivity (Wildman–Crippen MR) is 98.7 cm³/mol. The Labute approximate surface area is 147 Å². The van der Waals surface area contributed by atoms with Gasteiger partial charge in [-0.2, -0.15) is 0 Å². The smallest absolute Gasteiger partial charge is 0.315 e. The van der Waals surface area contributed by atoms with E-state index in [1.54, 1.807) is 6.20 Å². The van der Waals surface area contributed by atoms with Gasteiger partial charge < -0.3 is 15.4 Å². The van der Waals surface area contributed by atoms with Crippen molar-refractivity contribution in [3.05, 3.63) is 71.9 Å². The van der Waals surface area contributed by atoms with Gasteiger partial charge in [0.05, 0.1) is 6.54 Å². The highest BCUT2D eigenvalue weighted by molar-refractivity contribution is 5.84. The van der Waals surface area contributed by atoms with Gasteiger partial charge in [-0.3, -0.25) is 4.98 Å². The van der Waals surface area contributed by atoms with Gasteiger partial charge in [-0.1, -0.05) is 48.0 Å². The number of benzene rings is 2. The average Bonchev–Trinajstić information content (AvgIpc) is 2.65. The fraction of sp³-hybridized carbons (Fsp3) is 0.200. The lowest BCUT2D eigenvalue weighted by atomic mass is 10.1. The van der Waals surface area contributed by atoms with E-state index in [1.165, 1.54) is 5.56 Å². The fourth-order valence-corrected chi connectivity index (χ4v) is 2.47. The van der Waals surface area contributed by atoms with Crippen LogP contribution in [-0.4, -0.2) is 24.2 Å². The summed E-state index contributed by atoms with van der Waals surface area (Å²) in [7, 11) is 0. The number of ether oxygens (including phenoxy) is 1. The first-order valence-electron chi connectivity index (χ1n) is 8.26. The van der Waals surface area contributed by atoms with Gasteiger partial charge in [0.25, 0.3) is 0 Å². The third-order valence-electron chi connectivity index (χ3n) is 3.81. The van der Waals surface area contributed by atoms with Crippen molar-refractivity contribution in [1.82, 2.24) is 15.6 Å². The molecule has 25 heavy (non-hydrogen) atoms. The molecule has 0 fully saturated rings. The molecule has 3 aromatic rings. The van der Waals surface area contributed by atoms with Crippen LogP contribution in [0, 0.1) is 6.92 Å². The maximum atomic E-state index is 11.8. The minimum atomic E-state index is -0.208. The van der Waals surface area contributed by atoms with Crippen molar-refractivity contribution < 1.29 is 9.53 Å². The summed E-state index contributed by atoms with van der Waals surface area (Å²) in [6.45, 7) is 3.34. The Morgan fingerprint density at radius 1 is 1.04 bits per heavy atom. The molecule has 0 unspecified atom stereocenters. The SMILES string of the molecule is Cc1ccc(CNC(=O)NCCOc2cccc3cccnc23)cc1. The Morgan fingerprint density at radius 2 is 1.84 bits per heavy atom. The largest absolute Gasteiger partial charge is 0.489 e. The first kappa shape index (κ1) is 16.8. The third-order valence-corrected chi connectivity index (χ3v) is 3.81. The highest BCUT2D eigenvalue weighted by Gasteiger charge is 2.03. The third kappa shape index (κ3) is 4.70. The summed E-state index contributed by atoms with van der Waals surface area (Å²) in [4.78, 5) is 16.2. The van der Waals surface area contributed by atoms with Crippen LogP contribution in [0.15, 0.2) is 60.8 Å². The summed E-state index contributed by atoms with van der Waals surface area (Å²) in [6.07, 6.45) is 1.74. The zero-order valence-electron chi connectivity index (χ0n) is 14.2. The van der Waals surface area contributed by atoms with Crippen LogP contribution in [0.1, 0.15) is 11.1 Å². The molecule has 0 spiro atoms. The molecule has 2 N–H and O–H groups in total. The molecule has 1 heterocycles. The summed E-state index contributed by atoms with van der Waals surface area (Å²) in [5.74, 6) is 0.722. The molecule has 5 heteroatoms. The zero-order chi connectivity index (χ0) is 17.5. The van der Waals surface area contributed by atoms with E-state index in [0.717, 1.165) is 22.2 Å². The fourth-order valence-electron chi connectivity index (χ4n) is 2.47. The van der Waals surface area contributed by atoms with Crippen LogP contribution in [0.5, 0.6) is 5.75 Å². The van der Waals surface area contributed by atoms with Crippen LogP contribution in [0.4, 0.5) is 4.79 Å². The van der Waals surface area contributed by atoms with Gasteiger partial charge in [0.15, 0.2) is 0 Å². The number of hydrogen-bond acceptors (Lipinski definition) is 3. The number of fused-ring (bicyclic) bond motifs is 1. The van der Waals surface area contributed by atoms with Gasteiger partial charge in [0, 0.05) is 18.1 Å². The number of hydrogen-bond donors (Lipinski definition) is 2. The normalized spacial score (nSPS) is 10.4. The molecule has 0 aliphatic carbocycles.